The molecule has 0 unspecified atom stereocenters. The molecular weight excluding hydrogens is 452 g/mol. The molecule has 1 saturated carbocycles. The Morgan fingerprint density at radius 3 is 2.64 bits per heavy atom. The van der Waals surface area contributed by atoms with Crippen molar-refractivity contribution in [2.45, 2.75) is 38.0 Å². The van der Waals surface area contributed by atoms with Crippen LogP contribution in [0.3, 0.4) is 0 Å². The lowest BCUT2D eigenvalue weighted by molar-refractivity contribution is -0.120. The Morgan fingerprint density at radius 2 is 1.92 bits per heavy atom. The predicted molar refractivity (Wildman–Crippen MR) is 136 cm³/mol. The highest BCUT2D eigenvalue weighted by Crippen LogP contribution is 2.32. The molecule has 2 aliphatic rings. The third kappa shape index (κ3) is 5.91. The molecular formula is C29H30N4O3. The Balaban J connectivity index is 1.15. The van der Waals surface area contributed by atoms with Crippen LogP contribution in [-0.4, -0.2) is 54.2 Å². The van der Waals surface area contributed by atoms with Gasteiger partial charge in [0.05, 0.1) is 31.3 Å². The molecule has 1 aromatic heterocycles. The van der Waals surface area contributed by atoms with Crippen molar-refractivity contribution in [3.8, 4) is 22.9 Å². The number of amides is 1. The minimum atomic E-state index is -0.0785. The Kier molecular flexibility index (Phi) is 7.55. The maximum absolute atomic E-state index is 12.3. The van der Waals surface area contributed by atoms with Gasteiger partial charge in [-0.05, 0) is 29.8 Å². The van der Waals surface area contributed by atoms with E-state index in [0.29, 0.717) is 23.8 Å². The van der Waals surface area contributed by atoms with Gasteiger partial charge < -0.3 is 14.8 Å². The van der Waals surface area contributed by atoms with Crippen molar-refractivity contribution < 1.29 is 14.3 Å². The summed E-state index contributed by atoms with van der Waals surface area (Å²) in [5, 5.41) is 12.7. The van der Waals surface area contributed by atoms with Crippen LogP contribution in [0.1, 0.15) is 29.7 Å². The molecule has 184 valence electrons. The van der Waals surface area contributed by atoms with Crippen molar-refractivity contribution in [1.82, 2.24) is 15.2 Å². The van der Waals surface area contributed by atoms with Crippen molar-refractivity contribution in [3.63, 3.8) is 0 Å². The van der Waals surface area contributed by atoms with Gasteiger partial charge in [-0.1, -0.05) is 36.4 Å². The number of nitrogens with one attached hydrogen (secondary N) is 1. The molecule has 1 N–H and O–H groups in total. The number of hydrogen-bond donors (Lipinski definition) is 1. The van der Waals surface area contributed by atoms with Crippen molar-refractivity contribution in [2.75, 3.05) is 26.3 Å². The monoisotopic (exact) mass is 482 g/mol. The second-order valence-electron chi connectivity index (χ2n) is 9.31. The number of carbonyl (C=O) groups is 1. The summed E-state index contributed by atoms with van der Waals surface area (Å²) in [5.74, 6) is 0.644. The fraction of sp³-hybridized carbons (Fsp3) is 0.345. The molecule has 1 aliphatic carbocycles. The number of nitriles is 1. The summed E-state index contributed by atoms with van der Waals surface area (Å²) in [7, 11) is 0. The Hall–Kier alpha value is -3.73. The Morgan fingerprint density at radius 1 is 1.11 bits per heavy atom. The summed E-state index contributed by atoms with van der Waals surface area (Å²) in [6.45, 7) is 4.11. The van der Waals surface area contributed by atoms with Gasteiger partial charge in [-0.2, -0.15) is 5.26 Å². The summed E-state index contributed by atoms with van der Waals surface area (Å²) < 4.78 is 11.6. The second-order valence-corrected chi connectivity index (χ2v) is 9.31. The van der Waals surface area contributed by atoms with Crippen LogP contribution in [0.4, 0.5) is 0 Å². The van der Waals surface area contributed by atoms with Crippen molar-refractivity contribution >= 4 is 5.91 Å². The van der Waals surface area contributed by atoms with Gasteiger partial charge in [-0.25, -0.2) is 0 Å². The molecule has 5 rings (SSSR count). The summed E-state index contributed by atoms with van der Waals surface area (Å²) in [6, 6.07) is 22.0. The lowest BCUT2D eigenvalue weighted by Crippen LogP contribution is -2.52. The quantitative estimate of drug-likeness (QED) is 0.527. The van der Waals surface area contributed by atoms with E-state index in [1.54, 1.807) is 6.20 Å². The predicted octanol–water partition coefficient (Wildman–Crippen LogP) is 3.72. The molecule has 0 radical (unpaired) electrons. The largest absolute Gasteiger partial charge is 0.490 e. The van der Waals surface area contributed by atoms with Crippen LogP contribution in [0.15, 0.2) is 66.9 Å². The maximum Gasteiger partial charge on any atom is 0.226 e. The van der Waals surface area contributed by atoms with E-state index in [1.165, 1.54) is 0 Å². The van der Waals surface area contributed by atoms with Gasteiger partial charge in [0.2, 0.25) is 5.91 Å². The van der Waals surface area contributed by atoms with Crippen molar-refractivity contribution in [3.05, 3.63) is 83.7 Å². The van der Waals surface area contributed by atoms with Crippen LogP contribution in [0.2, 0.25) is 0 Å². The van der Waals surface area contributed by atoms with Gasteiger partial charge in [0.25, 0.3) is 0 Å². The highest BCUT2D eigenvalue weighted by Gasteiger charge is 2.35. The number of rotatable bonds is 8. The Bertz CT molecular complexity index is 1210. The molecule has 0 atom stereocenters. The molecule has 2 heterocycles. The second kappa shape index (κ2) is 11.3. The van der Waals surface area contributed by atoms with Crippen LogP contribution >= 0.6 is 0 Å². The lowest BCUT2D eigenvalue weighted by atomic mass is 9.87. The van der Waals surface area contributed by atoms with E-state index < -0.39 is 0 Å². The molecule has 3 aromatic rings. The van der Waals surface area contributed by atoms with E-state index in [0.717, 1.165) is 61.6 Å². The molecule has 0 spiro atoms. The summed E-state index contributed by atoms with van der Waals surface area (Å²) in [5.41, 5.74) is 3.92. The van der Waals surface area contributed by atoms with E-state index in [-0.39, 0.29) is 18.4 Å². The summed E-state index contributed by atoms with van der Waals surface area (Å²) >= 11 is 0. The summed E-state index contributed by atoms with van der Waals surface area (Å²) in [4.78, 5) is 19.2. The Labute approximate surface area is 211 Å². The molecule has 7 heteroatoms. The van der Waals surface area contributed by atoms with E-state index >= 15 is 0 Å². The van der Waals surface area contributed by atoms with Crippen molar-refractivity contribution in [1.29, 1.82) is 5.26 Å². The standard InChI is InChI=1S/C29H30N4O3/c30-18-23-14-26(36-27-16-25(17-27)33-10-12-35-13-11-33)8-9-28(23)22-6-7-24(31-20-22)15-29(34)32-19-21-4-2-1-3-5-21/h1-9,14,20,25,27H,10-13,15-17,19H2,(H,32,34)/t25-,27-. The molecule has 0 bridgehead atoms. The maximum atomic E-state index is 12.3. The summed E-state index contributed by atoms with van der Waals surface area (Å²) in [6.07, 6.45) is 4.12. The molecule has 2 fully saturated rings. The highest BCUT2D eigenvalue weighted by atomic mass is 16.5. The minimum absolute atomic E-state index is 0.0785. The van der Waals surface area contributed by atoms with Crippen LogP contribution in [-0.2, 0) is 22.5 Å². The molecule has 2 aromatic carbocycles. The zero-order valence-corrected chi connectivity index (χ0v) is 20.2. The minimum Gasteiger partial charge on any atom is -0.490 e. The lowest BCUT2D eigenvalue weighted by Gasteiger charge is -2.44. The highest BCUT2D eigenvalue weighted by molar-refractivity contribution is 5.78. The smallest absolute Gasteiger partial charge is 0.226 e. The van der Waals surface area contributed by atoms with Crippen LogP contribution in [0.5, 0.6) is 5.75 Å². The number of morpholine rings is 1. The van der Waals surface area contributed by atoms with Gasteiger partial charge in [0, 0.05) is 61.5 Å². The third-order valence-corrected chi connectivity index (χ3v) is 6.86. The van der Waals surface area contributed by atoms with E-state index in [9.17, 15) is 10.1 Å². The first-order valence-electron chi connectivity index (χ1n) is 12.5. The average molecular weight is 483 g/mol. The van der Waals surface area contributed by atoms with Gasteiger partial charge in [0.15, 0.2) is 0 Å². The number of aromatic nitrogens is 1. The zero-order chi connectivity index (χ0) is 24.7. The number of ether oxygens (including phenoxy) is 2. The van der Waals surface area contributed by atoms with Crippen LogP contribution in [0.25, 0.3) is 11.1 Å². The first-order valence-corrected chi connectivity index (χ1v) is 12.5. The van der Waals surface area contributed by atoms with E-state index in [4.69, 9.17) is 9.47 Å². The van der Waals surface area contributed by atoms with Gasteiger partial charge >= 0.3 is 0 Å². The average Bonchev–Trinajstić information content (AvgIpc) is 2.91. The third-order valence-electron chi connectivity index (χ3n) is 6.86. The number of nitrogens with zero attached hydrogens (tertiary/aromatic N) is 3. The number of pyridine rings is 1. The van der Waals surface area contributed by atoms with E-state index in [1.807, 2.05) is 60.7 Å². The topological polar surface area (TPSA) is 87.5 Å². The molecule has 36 heavy (non-hydrogen) atoms. The fourth-order valence-electron chi connectivity index (χ4n) is 4.72. The molecule has 7 nitrogen and oxygen atoms in total. The number of hydrogen-bond acceptors (Lipinski definition) is 6. The van der Waals surface area contributed by atoms with Crippen LogP contribution in [0, 0.1) is 11.3 Å². The first kappa shape index (κ1) is 24.0. The van der Waals surface area contributed by atoms with Crippen molar-refractivity contribution in [2.24, 2.45) is 0 Å². The van der Waals surface area contributed by atoms with Crippen LogP contribution < -0.4 is 10.1 Å². The number of benzene rings is 2. The SMILES string of the molecule is N#Cc1cc(O[C@H]2C[C@H](N3CCOCC3)C2)ccc1-c1ccc(CC(=O)NCc2ccccc2)nc1. The molecule has 1 aliphatic heterocycles. The van der Waals surface area contributed by atoms with Gasteiger partial charge in [0.1, 0.15) is 11.9 Å². The fourth-order valence-corrected chi connectivity index (χ4v) is 4.72. The van der Waals surface area contributed by atoms with Gasteiger partial charge in [-0.3, -0.25) is 14.7 Å². The molecule has 1 saturated heterocycles. The first-order chi connectivity index (χ1) is 17.7. The zero-order valence-electron chi connectivity index (χ0n) is 20.2. The normalized spacial score (nSPS) is 19.6. The van der Waals surface area contributed by atoms with E-state index in [2.05, 4.69) is 21.3 Å². The van der Waals surface area contributed by atoms with Gasteiger partial charge in [-0.15, -0.1) is 0 Å². The number of carbonyl (C=O) groups excluding carboxylic acids is 1. The molecule has 1 amide bonds.